The number of amides is 1. The normalized spacial score (nSPS) is 13.4. The zero-order valence-electron chi connectivity index (χ0n) is 19.0. The molecule has 0 aromatic heterocycles. The number of nitrogens with one attached hydrogen (secondary N) is 2. The molecule has 0 saturated carbocycles. The molecular formula is C27H29F3N2O. The first-order chi connectivity index (χ1) is 15.7. The monoisotopic (exact) mass is 454 g/mol. The Morgan fingerprint density at radius 2 is 1.48 bits per heavy atom. The van der Waals surface area contributed by atoms with Crippen LogP contribution in [0.15, 0.2) is 72.8 Å². The zero-order valence-corrected chi connectivity index (χ0v) is 19.0. The summed E-state index contributed by atoms with van der Waals surface area (Å²) in [6.45, 7) is 4.56. The lowest BCUT2D eigenvalue weighted by Gasteiger charge is -2.23. The smallest absolute Gasteiger partial charge is 0.358 e. The van der Waals surface area contributed by atoms with E-state index in [1.165, 1.54) is 0 Å². The second-order valence-electron chi connectivity index (χ2n) is 8.22. The van der Waals surface area contributed by atoms with E-state index in [4.69, 9.17) is 0 Å². The van der Waals surface area contributed by atoms with Gasteiger partial charge < -0.3 is 10.6 Å². The van der Waals surface area contributed by atoms with Gasteiger partial charge in [-0.3, -0.25) is 4.79 Å². The number of carbonyl (C=O) groups excluding carboxylic acids is 1. The van der Waals surface area contributed by atoms with Crippen LogP contribution in [-0.2, 0) is 11.0 Å². The Bertz CT molecular complexity index is 1060. The molecular weight excluding hydrogens is 425 g/mol. The number of hydrogen-bond donors (Lipinski definition) is 2. The first kappa shape index (κ1) is 24.5. The third-order valence-electron chi connectivity index (χ3n) is 6.00. The summed E-state index contributed by atoms with van der Waals surface area (Å²) in [5, 5.41) is 6.02. The highest BCUT2D eigenvalue weighted by Gasteiger charge is 2.30. The third-order valence-corrected chi connectivity index (χ3v) is 6.00. The number of aryl methyl sites for hydroxylation is 2. The molecule has 33 heavy (non-hydrogen) atoms. The van der Waals surface area contributed by atoms with Crippen LogP contribution in [0.3, 0.4) is 0 Å². The maximum atomic E-state index is 13.1. The van der Waals surface area contributed by atoms with Gasteiger partial charge in [0.2, 0.25) is 5.91 Å². The number of hydrogen-bond acceptors (Lipinski definition) is 2. The Morgan fingerprint density at radius 1 is 0.848 bits per heavy atom. The van der Waals surface area contributed by atoms with Crippen molar-refractivity contribution in [1.29, 1.82) is 0 Å². The molecule has 1 amide bonds. The van der Waals surface area contributed by atoms with Gasteiger partial charge in [-0.1, -0.05) is 60.7 Å². The molecule has 6 heteroatoms. The summed E-state index contributed by atoms with van der Waals surface area (Å²) in [7, 11) is 1.60. The molecule has 2 N–H and O–H groups in total. The minimum atomic E-state index is -4.37. The van der Waals surface area contributed by atoms with Gasteiger partial charge in [0.05, 0.1) is 5.56 Å². The molecule has 0 saturated heterocycles. The number of rotatable bonds is 8. The molecule has 0 aliphatic carbocycles. The quantitative estimate of drug-likeness (QED) is 0.444. The lowest BCUT2D eigenvalue weighted by molar-refractivity contribution is -0.137. The van der Waals surface area contributed by atoms with Crippen molar-refractivity contribution >= 4 is 5.91 Å². The molecule has 0 unspecified atom stereocenters. The van der Waals surface area contributed by atoms with Gasteiger partial charge in [-0.2, -0.15) is 13.2 Å². The Morgan fingerprint density at radius 3 is 2.06 bits per heavy atom. The molecule has 0 aliphatic rings. The van der Waals surface area contributed by atoms with Crippen molar-refractivity contribution in [2.45, 2.75) is 38.4 Å². The van der Waals surface area contributed by atoms with E-state index in [2.05, 4.69) is 16.7 Å². The standard InChI is InChI=1S/C27H29F3N2O/c1-18-9-10-22(17-19(18)2)24(20-11-13-23(14-12-20)27(28,29)30)15-16-32-25(26(33)31-3)21-7-5-4-6-8-21/h4-14,17,24-25,32H,15-16H2,1-3H3,(H,31,33)/t24-,25+/m0/s1. The average molecular weight is 455 g/mol. The number of likely N-dealkylation sites (N-methyl/N-ethyl adjacent to an activating group) is 1. The summed E-state index contributed by atoms with van der Waals surface area (Å²) >= 11 is 0. The fraction of sp³-hybridized carbons (Fsp3) is 0.296. The minimum Gasteiger partial charge on any atom is -0.358 e. The van der Waals surface area contributed by atoms with Gasteiger partial charge in [-0.05, 0) is 66.8 Å². The van der Waals surface area contributed by atoms with Gasteiger partial charge in [-0.25, -0.2) is 0 Å². The van der Waals surface area contributed by atoms with Crippen molar-refractivity contribution in [2.24, 2.45) is 0 Å². The molecule has 0 heterocycles. The van der Waals surface area contributed by atoms with Gasteiger partial charge in [0.15, 0.2) is 0 Å². The molecule has 0 aliphatic heterocycles. The van der Waals surface area contributed by atoms with Crippen LogP contribution in [0, 0.1) is 13.8 Å². The SMILES string of the molecule is CNC(=O)[C@H](NCC[C@@H](c1ccc(C(F)(F)F)cc1)c1ccc(C)c(C)c1)c1ccccc1. The molecule has 0 fully saturated rings. The Labute approximate surface area is 193 Å². The summed E-state index contributed by atoms with van der Waals surface area (Å²) < 4.78 is 39.2. The topological polar surface area (TPSA) is 41.1 Å². The van der Waals surface area contributed by atoms with Gasteiger partial charge in [0.1, 0.15) is 6.04 Å². The highest BCUT2D eigenvalue weighted by molar-refractivity contribution is 5.82. The van der Waals surface area contributed by atoms with Crippen molar-refractivity contribution in [3.8, 4) is 0 Å². The second kappa shape index (κ2) is 10.7. The van der Waals surface area contributed by atoms with E-state index in [0.29, 0.717) is 13.0 Å². The number of halogens is 3. The molecule has 3 aromatic carbocycles. The van der Waals surface area contributed by atoms with Gasteiger partial charge in [0.25, 0.3) is 0 Å². The number of benzene rings is 3. The fourth-order valence-electron chi connectivity index (χ4n) is 3.94. The fourth-order valence-corrected chi connectivity index (χ4v) is 3.94. The maximum absolute atomic E-state index is 13.1. The van der Waals surface area contributed by atoms with Crippen molar-refractivity contribution in [1.82, 2.24) is 10.6 Å². The summed E-state index contributed by atoms with van der Waals surface area (Å²) in [5.41, 5.74) is 4.33. The summed E-state index contributed by atoms with van der Waals surface area (Å²) in [6, 6.07) is 20.5. The molecule has 174 valence electrons. The summed E-state index contributed by atoms with van der Waals surface area (Å²) in [5.74, 6) is -0.251. The van der Waals surface area contributed by atoms with Gasteiger partial charge in [-0.15, -0.1) is 0 Å². The predicted molar refractivity (Wildman–Crippen MR) is 125 cm³/mol. The summed E-state index contributed by atoms with van der Waals surface area (Å²) in [6.07, 6.45) is -3.75. The van der Waals surface area contributed by atoms with Crippen LogP contribution in [0.1, 0.15) is 51.8 Å². The molecule has 3 aromatic rings. The van der Waals surface area contributed by atoms with E-state index in [9.17, 15) is 18.0 Å². The van der Waals surface area contributed by atoms with Crippen LogP contribution in [-0.4, -0.2) is 19.5 Å². The van der Waals surface area contributed by atoms with E-state index in [1.807, 2.05) is 56.3 Å². The number of alkyl halides is 3. The van der Waals surface area contributed by atoms with Crippen molar-refractivity contribution < 1.29 is 18.0 Å². The van der Waals surface area contributed by atoms with Crippen LogP contribution >= 0.6 is 0 Å². The molecule has 2 atom stereocenters. The van der Waals surface area contributed by atoms with Crippen molar-refractivity contribution in [3.63, 3.8) is 0 Å². The first-order valence-corrected chi connectivity index (χ1v) is 10.9. The molecule has 0 spiro atoms. The Hall–Kier alpha value is -3.12. The second-order valence-corrected chi connectivity index (χ2v) is 8.22. The Kier molecular flexibility index (Phi) is 7.92. The average Bonchev–Trinajstić information content (AvgIpc) is 2.81. The molecule has 3 nitrogen and oxygen atoms in total. The van der Waals surface area contributed by atoms with Crippen LogP contribution < -0.4 is 10.6 Å². The first-order valence-electron chi connectivity index (χ1n) is 10.9. The molecule has 3 rings (SSSR count). The predicted octanol–water partition coefficient (Wildman–Crippen LogP) is 5.92. The van der Waals surface area contributed by atoms with Crippen LogP contribution in [0.5, 0.6) is 0 Å². The van der Waals surface area contributed by atoms with Gasteiger partial charge in [0, 0.05) is 13.0 Å². The zero-order chi connectivity index (χ0) is 24.0. The van der Waals surface area contributed by atoms with E-state index in [-0.39, 0.29) is 11.8 Å². The minimum absolute atomic E-state index is 0.111. The van der Waals surface area contributed by atoms with Crippen molar-refractivity contribution in [3.05, 3.63) is 106 Å². The third kappa shape index (κ3) is 6.23. The van der Waals surface area contributed by atoms with E-state index in [0.717, 1.165) is 39.9 Å². The van der Waals surface area contributed by atoms with Crippen molar-refractivity contribution in [2.75, 3.05) is 13.6 Å². The van der Waals surface area contributed by atoms with E-state index >= 15 is 0 Å². The molecule has 0 radical (unpaired) electrons. The Balaban J connectivity index is 1.85. The van der Waals surface area contributed by atoms with Crippen LogP contribution in [0.25, 0.3) is 0 Å². The number of carbonyl (C=O) groups is 1. The lowest BCUT2D eigenvalue weighted by atomic mass is 9.86. The van der Waals surface area contributed by atoms with E-state index in [1.54, 1.807) is 19.2 Å². The highest BCUT2D eigenvalue weighted by Crippen LogP contribution is 2.33. The van der Waals surface area contributed by atoms with Crippen LogP contribution in [0.2, 0.25) is 0 Å². The summed E-state index contributed by atoms with van der Waals surface area (Å²) in [4.78, 5) is 12.5. The largest absolute Gasteiger partial charge is 0.416 e. The highest BCUT2D eigenvalue weighted by atomic mass is 19.4. The van der Waals surface area contributed by atoms with Gasteiger partial charge >= 0.3 is 6.18 Å². The lowest BCUT2D eigenvalue weighted by Crippen LogP contribution is -2.36. The molecule has 0 bridgehead atoms. The van der Waals surface area contributed by atoms with E-state index < -0.39 is 17.8 Å². The van der Waals surface area contributed by atoms with Crippen LogP contribution in [0.4, 0.5) is 13.2 Å². The maximum Gasteiger partial charge on any atom is 0.416 e.